The van der Waals surface area contributed by atoms with Crippen molar-refractivity contribution in [2.45, 2.75) is 244 Å². The number of anilines is 12. The number of quaternary nitrogens is 8. The van der Waals surface area contributed by atoms with E-state index in [0.717, 1.165) is 140 Å². The summed E-state index contributed by atoms with van der Waals surface area (Å²) >= 11 is 0. The van der Waals surface area contributed by atoms with Crippen molar-refractivity contribution >= 4 is 68.2 Å². The van der Waals surface area contributed by atoms with Crippen LogP contribution in [0.5, 0.6) is 0 Å². The molecule has 4 N–H and O–H groups in total. The highest BCUT2D eigenvalue weighted by atomic mass is 16.3. The van der Waals surface area contributed by atoms with Crippen LogP contribution in [0.25, 0.3) is 0 Å². The van der Waals surface area contributed by atoms with Gasteiger partial charge in [-0.3, -0.25) is 0 Å². The molecule has 0 aliphatic carbocycles. The van der Waals surface area contributed by atoms with E-state index in [4.69, 9.17) is 20.4 Å². The number of aliphatic hydroxyl groups is 4. The molecule has 754 valence electrons. The molecule has 0 amide bonds. The second-order valence-corrected chi connectivity index (χ2v) is 46.2. The van der Waals surface area contributed by atoms with Crippen molar-refractivity contribution in [2.24, 2.45) is 0 Å². The number of rotatable bonds is 73. The Kier molecular flexibility index (Phi) is 50.0. The largest absolute Gasteiger partial charge is 0.396 e. The molecule has 3 heterocycles. The number of fused-ring (bicyclic) bond motifs is 6. The molecule has 0 radical (unpaired) electrons. The highest BCUT2D eigenvalue weighted by Gasteiger charge is 2.37. The first-order valence-corrected chi connectivity index (χ1v) is 54.5. The fourth-order valence-electron chi connectivity index (χ4n) is 20.4. The summed E-state index contributed by atoms with van der Waals surface area (Å²) in [4.78, 5) is 15.6. The van der Waals surface area contributed by atoms with E-state index in [-0.39, 0.29) is 0 Å². The maximum Gasteiger partial charge on any atom is 0.128 e. The first-order valence-electron chi connectivity index (χ1n) is 54.5. The number of nitrogens with zero attached hydrogens (tertiary/aromatic N) is 14. The van der Waals surface area contributed by atoms with Crippen LogP contribution in [0.4, 0.5) is 68.2 Å². The summed E-state index contributed by atoms with van der Waals surface area (Å²) in [5.41, 5.74) is 15.9. The van der Waals surface area contributed by atoms with Crippen LogP contribution in [-0.2, 0) is 0 Å². The number of hydrogen-bond donors (Lipinski definition) is 4. The second kappa shape index (κ2) is 59.3. The second-order valence-electron chi connectivity index (χ2n) is 46.2. The first-order chi connectivity index (χ1) is 64.3. The van der Waals surface area contributed by atoms with Gasteiger partial charge in [-0.05, 0) is 163 Å². The lowest BCUT2D eigenvalue weighted by atomic mass is 10.1. The number of unbranched alkanes of at least 4 members (excludes halogenated alkanes) is 33. The van der Waals surface area contributed by atoms with Gasteiger partial charge in [0.1, 0.15) is 52.4 Å². The number of para-hydroxylation sites is 12. The van der Waals surface area contributed by atoms with Crippen molar-refractivity contribution in [2.75, 3.05) is 313 Å². The van der Waals surface area contributed by atoms with Gasteiger partial charge < -0.3 is 85.7 Å². The molecular weight excluding hydrogens is 1650 g/mol. The van der Waals surface area contributed by atoms with Crippen molar-refractivity contribution < 1.29 is 56.3 Å². The van der Waals surface area contributed by atoms with Gasteiger partial charge >= 0.3 is 0 Å². The van der Waals surface area contributed by atoms with Crippen molar-refractivity contribution in [1.29, 1.82) is 0 Å². The van der Waals surface area contributed by atoms with E-state index in [1.165, 1.54) is 352 Å². The molecule has 6 aromatic rings. The van der Waals surface area contributed by atoms with E-state index >= 15 is 0 Å². The van der Waals surface area contributed by atoms with Crippen LogP contribution in [0.3, 0.4) is 0 Å². The van der Waals surface area contributed by atoms with E-state index in [9.17, 15) is 0 Å². The van der Waals surface area contributed by atoms with Gasteiger partial charge in [0, 0.05) is 39.5 Å². The summed E-state index contributed by atoms with van der Waals surface area (Å²) in [7, 11) is 38.9. The molecule has 0 spiro atoms. The van der Waals surface area contributed by atoms with Crippen LogP contribution in [0, 0.1) is 0 Å². The molecule has 0 fully saturated rings. The van der Waals surface area contributed by atoms with Gasteiger partial charge in [-0.15, -0.1) is 0 Å². The topological polar surface area (TPSA) is 100 Å². The fourth-order valence-corrected chi connectivity index (χ4v) is 20.4. The third-order valence-corrected chi connectivity index (χ3v) is 30.4. The van der Waals surface area contributed by atoms with Gasteiger partial charge in [-0.25, -0.2) is 0 Å². The van der Waals surface area contributed by atoms with Crippen LogP contribution in [-0.4, -0.2) is 339 Å². The van der Waals surface area contributed by atoms with E-state index < -0.39 is 0 Å². The summed E-state index contributed by atoms with van der Waals surface area (Å²) in [5.74, 6) is 0. The van der Waals surface area contributed by atoms with Gasteiger partial charge in [0.15, 0.2) is 0 Å². The Morgan fingerprint density at radius 2 is 0.246 bits per heavy atom. The van der Waals surface area contributed by atoms with Gasteiger partial charge in [0.2, 0.25) is 0 Å². The summed E-state index contributed by atoms with van der Waals surface area (Å²) < 4.78 is 8.46. The molecule has 18 heteroatoms. The molecule has 134 heavy (non-hydrogen) atoms. The van der Waals surface area contributed by atoms with Gasteiger partial charge in [-0.2, -0.15) is 0 Å². The number of hydrogen-bond acceptors (Lipinski definition) is 10. The van der Waals surface area contributed by atoms with E-state index in [1.807, 2.05) is 0 Å². The molecule has 18 nitrogen and oxygen atoms in total. The van der Waals surface area contributed by atoms with Crippen LogP contribution in [0.2, 0.25) is 0 Å². The molecule has 3 aliphatic heterocycles. The summed E-state index contributed by atoms with van der Waals surface area (Å²) in [6.07, 6.45) is 48.1. The van der Waals surface area contributed by atoms with Crippen LogP contribution in [0.1, 0.15) is 244 Å². The zero-order valence-electron chi connectivity index (χ0n) is 89.2. The smallest absolute Gasteiger partial charge is 0.128 e. The van der Waals surface area contributed by atoms with E-state index in [2.05, 4.69) is 288 Å². The maximum absolute atomic E-state index is 9.02. The summed E-state index contributed by atoms with van der Waals surface area (Å²) in [5, 5.41) is 36.0. The Morgan fingerprint density at radius 3 is 0.381 bits per heavy atom. The number of aliphatic hydroxyl groups excluding tert-OH is 4. The van der Waals surface area contributed by atoms with Crippen LogP contribution >= 0.6 is 0 Å². The molecule has 3 aliphatic rings. The van der Waals surface area contributed by atoms with Gasteiger partial charge in [-0.1, -0.05) is 227 Å². The molecular formula is C116H204N14O4+8. The van der Waals surface area contributed by atoms with Crippen LogP contribution in [0.15, 0.2) is 146 Å². The van der Waals surface area contributed by atoms with Gasteiger partial charge in [0.05, 0.1) is 260 Å². The Hall–Kier alpha value is -6.36. The standard InChI is InChI=1S/C66H110N8O2.C50H94N6O2/c1-71(2,49-33-19-15-11-9-13-17-21-35-57-75)53-55-73(5,6)51-47-69-63-41-27-23-37-59(63)67(60-38-24-28-42-64(60)69)45-31-32-46-68-61-39-25-29-43-65(61)70(66-44-30-26-40-62(66)68)48-52-74(7,8)56-54-72(3,4)50-34-20-16-12-10-14-18-22-36-58-76;1-53(2,37-27-19-15-11-9-13-17-21-29-45-57)41-43-55(5,6)39-35-51-47-31-23-25-33-49(47)52(50-34-26-24-32-48(50)51)36-40-56(7,8)44-42-54(3,4)38-28-20-16-12-10-14-18-22-30-46-58/h23-30,37-44,75-76H,9-22,31-36,45-58H2,1-8H3;23-26,31-34,57-58H,9-22,27-30,35-46H2,1-8H3/q2*+4. The molecule has 0 unspecified atom stereocenters. The Balaban J connectivity index is 0.000000342. The van der Waals surface area contributed by atoms with Gasteiger partial charge in [0.25, 0.3) is 0 Å². The Bertz CT molecular complexity index is 3740. The summed E-state index contributed by atoms with van der Waals surface area (Å²) in [6.45, 7) is 26.2. The maximum atomic E-state index is 9.02. The molecule has 0 atom stereocenters. The molecule has 6 aromatic carbocycles. The third-order valence-electron chi connectivity index (χ3n) is 30.4. The average Bonchev–Trinajstić information content (AvgIpc) is 0.762. The minimum absolute atomic E-state index is 0.341. The fraction of sp³-hybridized carbons (Fsp3) is 0.690. The lowest BCUT2D eigenvalue weighted by Crippen LogP contribution is -2.53. The highest BCUT2D eigenvalue weighted by Crippen LogP contribution is 2.51. The third kappa shape index (κ3) is 40.8. The molecule has 0 bridgehead atoms. The Morgan fingerprint density at radius 1 is 0.134 bits per heavy atom. The zero-order chi connectivity index (χ0) is 96.6. The SMILES string of the molecule is C[N+](C)(CCCCCCCCCCCO)CC[N+](C)(C)CCN1c2ccccc2N(CCCCN2c3ccccc3N(CC[N+](C)(C)CC[N+](C)(C)CCCCCCCCCCCO)c3ccccc32)c2ccccc21.C[N+](C)(CCCCCCCCCCCO)CC[N+](C)(C)CCN1c2ccccc2N(CC[N+](C)(C)CC[N+](C)(C)CCCCCCCCCCCO)c2ccccc21. The predicted octanol–water partition coefficient (Wildman–Crippen LogP) is 23.2. The Labute approximate surface area is 821 Å². The normalized spacial score (nSPS) is 13.7. The minimum atomic E-state index is 0.341. The summed E-state index contributed by atoms with van der Waals surface area (Å²) in [6, 6.07) is 54.8. The van der Waals surface area contributed by atoms with Crippen LogP contribution < -0.4 is 29.4 Å². The van der Waals surface area contributed by atoms with E-state index in [0.29, 0.717) is 26.4 Å². The minimum Gasteiger partial charge on any atom is -0.396 e. The number of likely N-dealkylation sites (N-methyl/N-ethyl adjacent to an activating group) is 8. The first kappa shape index (κ1) is 113. The molecule has 0 saturated heterocycles. The molecule has 0 aromatic heterocycles. The monoisotopic (exact) mass is 1860 g/mol. The zero-order valence-corrected chi connectivity index (χ0v) is 89.2. The average molecular weight is 1860 g/mol. The lowest BCUT2D eigenvalue weighted by Gasteiger charge is -2.43. The van der Waals surface area contributed by atoms with Crippen molar-refractivity contribution in [3.63, 3.8) is 0 Å². The van der Waals surface area contributed by atoms with Crippen molar-refractivity contribution in [1.82, 2.24) is 0 Å². The molecule has 0 saturated carbocycles. The lowest BCUT2D eigenvalue weighted by molar-refractivity contribution is -0.945. The number of benzene rings is 6. The quantitative estimate of drug-likeness (QED) is 0.0218. The molecule has 9 rings (SSSR count). The van der Waals surface area contributed by atoms with Crippen molar-refractivity contribution in [3.8, 4) is 0 Å². The van der Waals surface area contributed by atoms with E-state index in [1.54, 1.807) is 0 Å². The predicted molar refractivity (Wildman–Crippen MR) is 579 cm³/mol. The van der Waals surface area contributed by atoms with Crippen molar-refractivity contribution in [3.05, 3.63) is 146 Å². The highest BCUT2D eigenvalue weighted by molar-refractivity contribution is 5.95.